The first kappa shape index (κ1) is 13.0. The molecule has 1 aromatic carbocycles. The van der Waals surface area contributed by atoms with E-state index in [-0.39, 0.29) is 6.42 Å². The number of fused-ring (bicyclic) bond motifs is 1. The Balaban J connectivity index is 2.12. The Hall–Kier alpha value is -2.47. The average Bonchev–Trinajstić information content (AvgIpc) is 2.37. The summed E-state index contributed by atoms with van der Waals surface area (Å²) in [7, 11) is 0. The van der Waals surface area contributed by atoms with Gasteiger partial charge in [-0.3, -0.25) is 14.6 Å². The van der Waals surface area contributed by atoms with Gasteiger partial charge in [-0.1, -0.05) is 6.07 Å². The smallest absolute Gasteiger partial charge is 0.241 e. The van der Waals surface area contributed by atoms with Crippen molar-refractivity contribution >= 4 is 28.4 Å². The number of nitrogens with one attached hydrogen (secondary N) is 1. The number of primary amides is 1. The summed E-state index contributed by atoms with van der Waals surface area (Å²) in [5.41, 5.74) is 12.0. The van der Waals surface area contributed by atoms with Crippen LogP contribution in [0.4, 0.5) is 5.69 Å². The third-order valence-corrected chi connectivity index (χ3v) is 2.63. The average molecular weight is 258 g/mol. The largest absolute Gasteiger partial charge is 0.370 e. The Bertz CT molecular complexity index is 627. The highest BCUT2D eigenvalue weighted by atomic mass is 16.2. The van der Waals surface area contributed by atoms with Gasteiger partial charge < -0.3 is 16.8 Å². The molecule has 0 saturated carbocycles. The number of benzene rings is 1. The number of aromatic nitrogens is 1. The van der Waals surface area contributed by atoms with Crippen LogP contribution in [0.5, 0.6) is 0 Å². The molecule has 6 heteroatoms. The SMILES string of the molecule is NC(=O)CC(N)C(=O)Nc1ccc2ncccc2c1. The number of anilines is 1. The van der Waals surface area contributed by atoms with E-state index in [0.717, 1.165) is 10.9 Å². The number of nitrogens with zero attached hydrogens (tertiary/aromatic N) is 1. The molecule has 6 nitrogen and oxygen atoms in total. The molecule has 0 radical (unpaired) electrons. The van der Waals surface area contributed by atoms with Crippen molar-refractivity contribution in [1.82, 2.24) is 4.98 Å². The van der Waals surface area contributed by atoms with E-state index in [2.05, 4.69) is 10.3 Å². The number of pyridine rings is 1. The van der Waals surface area contributed by atoms with Crippen LogP contribution in [0.3, 0.4) is 0 Å². The second-order valence-electron chi connectivity index (χ2n) is 4.18. The van der Waals surface area contributed by atoms with Crippen LogP contribution in [0.1, 0.15) is 6.42 Å². The van der Waals surface area contributed by atoms with E-state index >= 15 is 0 Å². The minimum atomic E-state index is -0.943. The number of nitrogens with two attached hydrogens (primary N) is 2. The zero-order valence-electron chi connectivity index (χ0n) is 10.2. The molecule has 5 N–H and O–H groups in total. The second-order valence-corrected chi connectivity index (χ2v) is 4.18. The number of hydrogen-bond acceptors (Lipinski definition) is 4. The maximum Gasteiger partial charge on any atom is 0.241 e. The van der Waals surface area contributed by atoms with Crippen molar-refractivity contribution < 1.29 is 9.59 Å². The molecule has 0 spiro atoms. The van der Waals surface area contributed by atoms with Gasteiger partial charge in [0.05, 0.1) is 18.0 Å². The molecule has 2 aromatic rings. The van der Waals surface area contributed by atoms with Gasteiger partial charge in [0.2, 0.25) is 11.8 Å². The number of rotatable bonds is 4. The van der Waals surface area contributed by atoms with E-state index in [0.29, 0.717) is 5.69 Å². The maximum atomic E-state index is 11.7. The summed E-state index contributed by atoms with van der Waals surface area (Å²) in [6.45, 7) is 0. The molecule has 0 saturated heterocycles. The molecular weight excluding hydrogens is 244 g/mol. The molecule has 0 aliphatic rings. The van der Waals surface area contributed by atoms with Crippen LogP contribution in [0, 0.1) is 0 Å². The summed E-state index contributed by atoms with van der Waals surface area (Å²) in [6, 6.07) is 8.07. The zero-order chi connectivity index (χ0) is 13.8. The second kappa shape index (κ2) is 5.45. The first-order valence-corrected chi connectivity index (χ1v) is 5.76. The lowest BCUT2D eigenvalue weighted by molar-refractivity contribution is -0.123. The first-order chi connectivity index (χ1) is 9.06. The highest BCUT2D eigenvalue weighted by Gasteiger charge is 2.16. The summed E-state index contributed by atoms with van der Waals surface area (Å²) in [5.74, 6) is -1.05. The van der Waals surface area contributed by atoms with Crippen molar-refractivity contribution in [3.05, 3.63) is 36.5 Å². The quantitative estimate of drug-likeness (QED) is 0.735. The van der Waals surface area contributed by atoms with E-state index in [9.17, 15) is 9.59 Å². The fraction of sp³-hybridized carbons (Fsp3) is 0.154. The van der Waals surface area contributed by atoms with Crippen molar-refractivity contribution in [3.63, 3.8) is 0 Å². The normalized spacial score (nSPS) is 12.1. The molecule has 0 fully saturated rings. The number of carbonyl (C=O) groups excluding carboxylic acids is 2. The van der Waals surface area contributed by atoms with Gasteiger partial charge in [0, 0.05) is 17.3 Å². The maximum absolute atomic E-state index is 11.7. The van der Waals surface area contributed by atoms with Crippen LogP contribution in [0.25, 0.3) is 10.9 Å². The molecule has 0 aliphatic carbocycles. The Kier molecular flexibility index (Phi) is 3.72. The van der Waals surface area contributed by atoms with E-state index < -0.39 is 17.9 Å². The van der Waals surface area contributed by atoms with Crippen LogP contribution in [0.15, 0.2) is 36.5 Å². The van der Waals surface area contributed by atoms with Crippen LogP contribution in [-0.4, -0.2) is 22.8 Å². The molecule has 1 unspecified atom stereocenters. The lowest BCUT2D eigenvalue weighted by Crippen LogP contribution is -2.38. The molecule has 2 amide bonds. The van der Waals surface area contributed by atoms with Gasteiger partial charge in [-0.05, 0) is 24.3 Å². The van der Waals surface area contributed by atoms with E-state index in [1.807, 2.05) is 12.1 Å². The van der Waals surface area contributed by atoms with Crippen molar-refractivity contribution in [2.24, 2.45) is 11.5 Å². The van der Waals surface area contributed by atoms with Gasteiger partial charge in [-0.25, -0.2) is 0 Å². The summed E-state index contributed by atoms with van der Waals surface area (Å²) < 4.78 is 0. The monoisotopic (exact) mass is 258 g/mol. The number of amides is 2. The van der Waals surface area contributed by atoms with Gasteiger partial charge in [-0.2, -0.15) is 0 Å². The van der Waals surface area contributed by atoms with Crippen molar-refractivity contribution in [1.29, 1.82) is 0 Å². The fourth-order valence-corrected chi connectivity index (χ4v) is 1.70. The molecule has 98 valence electrons. The molecule has 0 bridgehead atoms. The Morgan fingerprint density at radius 3 is 2.84 bits per heavy atom. The molecule has 0 aliphatic heterocycles. The van der Waals surface area contributed by atoms with Crippen LogP contribution in [-0.2, 0) is 9.59 Å². The van der Waals surface area contributed by atoms with Crippen molar-refractivity contribution in [2.75, 3.05) is 5.32 Å². The molecule has 1 atom stereocenters. The van der Waals surface area contributed by atoms with Gasteiger partial charge >= 0.3 is 0 Å². The van der Waals surface area contributed by atoms with Gasteiger partial charge in [-0.15, -0.1) is 0 Å². The number of carbonyl (C=O) groups is 2. The summed E-state index contributed by atoms with van der Waals surface area (Å²) in [4.78, 5) is 26.6. The van der Waals surface area contributed by atoms with Gasteiger partial charge in [0.25, 0.3) is 0 Å². The molecule has 1 heterocycles. The third-order valence-electron chi connectivity index (χ3n) is 2.63. The van der Waals surface area contributed by atoms with Crippen LogP contribution < -0.4 is 16.8 Å². The topological polar surface area (TPSA) is 111 Å². The van der Waals surface area contributed by atoms with Crippen LogP contribution >= 0.6 is 0 Å². The Labute approximate surface area is 109 Å². The predicted octanol–water partition coefficient (Wildman–Crippen LogP) is 0.376. The molecular formula is C13H14N4O2. The number of hydrogen-bond donors (Lipinski definition) is 3. The zero-order valence-corrected chi connectivity index (χ0v) is 10.2. The van der Waals surface area contributed by atoms with E-state index in [1.165, 1.54) is 0 Å². The standard InChI is InChI=1S/C13H14N4O2/c14-10(7-12(15)18)13(19)17-9-3-4-11-8(6-9)2-1-5-16-11/h1-6,10H,7,14H2,(H2,15,18)(H,17,19). The molecule has 2 rings (SSSR count). The van der Waals surface area contributed by atoms with Crippen molar-refractivity contribution in [2.45, 2.75) is 12.5 Å². The Morgan fingerprint density at radius 2 is 2.11 bits per heavy atom. The summed E-state index contributed by atoms with van der Waals surface area (Å²) in [6.07, 6.45) is 1.52. The Morgan fingerprint density at radius 1 is 1.32 bits per heavy atom. The highest BCUT2D eigenvalue weighted by molar-refractivity contribution is 5.98. The van der Waals surface area contributed by atoms with E-state index in [4.69, 9.17) is 11.5 Å². The first-order valence-electron chi connectivity index (χ1n) is 5.76. The van der Waals surface area contributed by atoms with Crippen LogP contribution in [0.2, 0.25) is 0 Å². The summed E-state index contributed by atoms with van der Waals surface area (Å²) >= 11 is 0. The fourth-order valence-electron chi connectivity index (χ4n) is 1.70. The lowest BCUT2D eigenvalue weighted by Gasteiger charge is -2.11. The van der Waals surface area contributed by atoms with Crippen molar-refractivity contribution in [3.8, 4) is 0 Å². The summed E-state index contributed by atoms with van der Waals surface area (Å²) in [5, 5.41) is 3.55. The third kappa shape index (κ3) is 3.26. The minimum Gasteiger partial charge on any atom is -0.370 e. The predicted molar refractivity (Wildman–Crippen MR) is 72.2 cm³/mol. The van der Waals surface area contributed by atoms with Gasteiger partial charge in [0.15, 0.2) is 0 Å². The minimum absolute atomic E-state index is 0.180. The molecule has 1 aromatic heterocycles. The highest BCUT2D eigenvalue weighted by Crippen LogP contribution is 2.17. The molecule has 19 heavy (non-hydrogen) atoms. The lowest BCUT2D eigenvalue weighted by atomic mass is 10.1. The van der Waals surface area contributed by atoms with E-state index in [1.54, 1.807) is 24.4 Å². The van der Waals surface area contributed by atoms with Gasteiger partial charge in [0.1, 0.15) is 0 Å².